The second kappa shape index (κ2) is 3.75. The van der Waals surface area contributed by atoms with Crippen molar-refractivity contribution in [2.45, 2.75) is 66.9 Å². The zero-order valence-corrected chi connectivity index (χ0v) is 10.8. The topological polar surface area (TPSA) is 0 Å². The maximum Gasteiger partial charge on any atom is 0.139 e. The van der Waals surface area contributed by atoms with Gasteiger partial charge in [0.15, 0.2) is 0 Å². The maximum absolute atomic E-state index is 2.72. The van der Waals surface area contributed by atoms with Crippen LogP contribution < -0.4 is 0 Å². The van der Waals surface area contributed by atoms with E-state index < -0.39 is 0 Å². The molecule has 0 aliphatic carbocycles. The van der Waals surface area contributed by atoms with Crippen LogP contribution in [0, 0.1) is 0 Å². The minimum atomic E-state index is 0.561. The summed E-state index contributed by atoms with van der Waals surface area (Å²) in [4.78, 5) is 0. The van der Waals surface area contributed by atoms with Crippen LogP contribution in [0.5, 0.6) is 0 Å². The second-order valence-electron chi connectivity index (χ2n) is 5.25. The molecule has 2 heteroatoms. The van der Waals surface area contributed by atoms with Crippen LogP contribution in [0.15, 0.2) is 0 Å². The van der Waals surface area contributed by atoms with E-state index in [0.717, 1.165) is 0 Å². The highest BCUT2D eigenvalue weighted by Gasteiger charge is 2.41. The summed E-state index contributed by atoms with van der Waals surface area (Å²) in [5.74, 6) is 0. The van der Waals surface area contributed by atoms with Crippen LogP contribution in [0.1, 0.15) is 58.3 Å². The fourth-order valence-corrected chi connectivity index (χ4v) is 4.59. The highest BCUT2D eigenvalue weighted by Crippen LogP contribution is 2.50. The van der Waals surface area contributed by atoms with Crippen molar-refractivity contribution < 1.29 is 0 Å². The minimum Gasteiger partial charge on any atom is -0.0887 e. The van der Waals surface area contributed by atoms with E-state index in [1.165, 1.54) is 51.4 Å². The quantitative estimate of drug-likeness (QED) is 0.357. The zero-order chi connectivity index (χ0) is 9.36. The van der Waals surface area contributed by atoms with E-state index in [-0.39, 0.29) is 0 Å². The smallest absolute Gasteiger partial charge is 0.0887 e. The summed E-state index contributed by atoms with van der Waals surface area (Å²) < 4.78 is 0.561. The Kier molecular flexibility index (Phi) is 2.97. The van der Waals surface area contributed by atoms with Crippen molar-refractivity contribution in [3.8, 4) is 0 Å². The normalized spacial score (nSPS) is 46.0. The van der Waals surface area contributed by atoms with E-state index in [4.69, 9.17) is 0 Å². The van der Waals surface area contributed by atoms with Gasteiger partial charge in [-0.1, -0.05) is 73.4 Å². The predicted molar refractivity (Wildman–Crippen MR) is 67.8 cm³/mol. The first-order valence-electron chi connectivity index (χ1n) is 5.68. The first-order valence-corrected chi connectivity index (χ1v) is 6.76. The molecule has 0 N–H and O–H groups in total. The Morgan fingerprint density at radius 1 is 0.923 bits per heavy atom. The van der Waals surface area contributed by atoms with Crippen molar-refractivity contribution in [3.05, 3.63) is 0 Å². The fourth-order valence-electron chi connectivity index (χ4n) is 3.07. The van der Waals surface area contributed by atoms with Gasteiger partial charge in [0, 0.05) is 0 Å². The Balaban J connectivity index is 2.11. The van der Waals surface area contributed by atoms with E-state index in [1.807, 2.05) is 0 Å². The fraction of sp³-hybridized carbons (Fsp3) is 1.00. The van der Waals surface area contributed by atoms with Crippen LogP contribution in [-0.2, 0) is 0 Å². The number of rotatable bonds is 0. The van der Waals surface area contributed by atoms with Crippen molar-refractivity contribution in [3.63, 3.8) is 0 Å². The summed E-state index contributed by atoms with van der Waals surface area (Å²) in [6, 6.07) is 0. The van der Waals surface area contributed by atoms with Crippen LogP contribution in [0.25, 0.3) is 0 Å². The Labute approximate surface area is 96.6 Å². The van der Waals surface area contributed by atoms with Crippen molar-refractivity contribution in [1.29, 1.82) is 0 Å². The summed E-state index contributed by atoms with van der Waals surface area (Å²) in [6.45, 7) is 2.48. The van der Waals surface area contributed by atoms with Gasteiger partial charge in [0.2, 0.25) is 0 Å². The molecule has 0 amide bonds. The highest BCUT2D eigenvalue weighted by molar-refractivity contribution is 14.1. The lowest BCUT2D eigenvalue weighted by molar-refractivity contribution is 0.384. The lowest BCUT2D eigenvalue weighted by atomic mass is 9.38. The zero-order valence-electron chi connectivity index (χ0n) is 8.61. The molecular formula is C11H19BI. The first kappa shape index (κ1) is 10.3. The summed E-state index contributed by atoms with van der Waals surface area (Å²) in [6.07, 6.45) is 11.6. The third-order valence-corrected chi connectivity index (χ3v) is 5.18. The molecule has 0 aromatic heterocycles. The lowest BCUT2D eigenvalue weighted by Crippen LogP contribution is -2.41. The van der Waals surface area contributed by atoms with Gasteiger partial charge < -0.3 is 0 Å². The standard InChI is InChI=1S/C11H19BI/c1-10-6-3-2-4-8-11(13,12-10)9-5-7-10/h2-9H2,1H3. The van der Waals surface area contributed by atoms with Gasteiger partial charge in [-0.3, -0.25) is 0 Å². The largest absolute Gasteiger partial charge is 0.139 e. The number of fused-ring (bicyclic) bond motifs is 2. The van der Waals surface area contributed by atoms with Crippen molar-refractivity contribution in [1.82, 2.24) is 0 Å². The average molecular weight is 289 g/mol. The number of alkyl halides is 1. The summed E-state index contributed by atoms with van der Waals surface area (Å²) in [5, 5.41) is 0.583. The lowest BCUT2D eigenvalue weighted by Gasteiger charge is -2.44. The van der Waals surface area contributed by atoms with Crippen LogP contribution in [0.4, 0.5) is 0 Å². The SMILES string of the molecule is CC12[B]C(I)(CCCCC1)CCC2. The highest BCUT2D eigenvalue weighted by atomic mass is 127. The monoisotopic (exact) mass is 289 g/mol. The molecule has 2 heterocycles. The average Bonchev–Trinajstić information content (AvgIpc) is 2.01. The molecule has 0 spiro atoms. The van der Waals surface area contributed by atoms with Gasteiger partial charge in [-0.15, -0.1) is 0 Å². The van der Waals surface area contributed by atoms with Gasteiger partial charge in [0.05, 0.1) is 0 Å². The number of halogens is 1. The maximum atomic E-state index is 2.72. The van der Waals surface area contributed by atoms with Crippen molar-refractivity contribution >= 4 is 29.9 Å². The van der Waals surface area contributed by atoms with Crippen molar-refractivity contribution in [2.24, 2.45) is 0 Å². The Bertz CT molecular complexity index is 177. The number of hydrogen-bond acceptors (Lipinski definition) is 0. The van der Waals surface area contributed by atoms with Gasteiger partial charge in [0.1, 0.15) is 7.28 Å². The molecule has 2 rings (SSSR count). The molecular weight excluding hydrogens is 270 g/mol. The van der Waals surface area contributed by atoms with Crippen LogP contribution in [-0.4, -0.2) is 10.6 Å². The van der Waals surface area contributed by atoms with E-state index in [2.05, 4.69) is 36.8 Å². The molecule has 0 saturated carbocycles. The Hall–Kier alpha value is 0.795. The minimum absolute atomic E-state index is 0.561. The summed E-state index contributed by atoms with van der Waals surface area (Å²) in [5.41, 5.74) is 0. The molecule has 73 valence electrons. The van der Waals surface area contributed by atoms with E-state index in [0.29, 0.717) is 8.64 Å². The second-order valence-corrected chi connectivity index (χ2v) is 7.40. The Morgan fingerprint density at radius 2 is 1.54 bits per heavy atom. The molecule has 0 nitrogen and oxygen atoms in total. The van der Waals surface area contributed by atoms with Gasteiger partial charge in [-0.25, -0.2) is 0 Å². The number of hydrogen-bond donors (Lipinski definition) is 0. The third-order valence-electron chi connectivity index (χ3n) is 3.79. The molecule has 2 aliphatic rings. The van der Waals surface area contributed by atoms with Gasteiger partial charge in [-0.2, -0.15) is 0 Å². The molecule has 2 saturated heterocycles. The predicted octanol–water partition coefficient (Wildman–Crippen LogP) is 4.15. The molecule has 1 radical (unpaired) electrons. The molecule has 2 fully saturated rings. The van der Waals surface area contributed by atoms with Crippen LogP contribution >= 0.6 is 22.6 Å². The van der Waals surface area contributed by atoms with Crippen LogP contribution in [0.2, 0.25) is 5.31 Å². The van der Waals surface area contributed by atoms with E-state index in [1.54, 1.807) is 0 Å². The third kappa shape index (κ3) is 2.43. The summed E-state index contributed by atoms with van der Waals surface area (Å²) >= 11 is 2.72. The molecule has 2 atom stereocenters. The molecule has 13 heavy (non-hydrogen) atoms. The first-order chi connectivity index (χ1) is 6.12. The van der Waals surface area contributed by atoms with E-state index >= 15 is 0 Å². The summed E-state index contributed by atoms with van der Waals surface area (Å²) in [7, 11) is 2.70. The van der Waals surface area contributed by atoms with Crippen molar-refractivity contribution in [2.75, 3.05) is 0 Å². The van der Waals surface area contributed by atoms with Gasteiger partial charge in [0.25, 0.3) is 0 Å². The van der Waals surface area contributed by atoms with Gasteiger partial charge >= 0.3 is 0 Å². The molecule has 2 bridgehead atoms. The Morgan fingerprint density at radius 3 is 2.38 bits per heavy atom. The van der Waals surface area contributed by atoms with Crippen LogP contribution in [0.3, 0.4) is 0 Å². The molecule has 2 unspecified atom stereocenters. The molecule has 2 aliphatic heterocycles. The molecule has 0 aromatic carbocycles. The van der Waals surface area contributed by atoms with Gasteiger partial charge in [-0.05, 0) is 16.2 Å². The van der Waals surface area contributed by atoms with E-state index in [9.17, 15) is 0 Å². The molecule has 0 aromatic rings.